The monoisotopic (exact) mass is 312 g/mol. The Morgan fingerprint density at radius 3 is 1.53 bits per heavy atom. The average Bonchev–Trinajstić information content (AvgIpc) is 2.40. The van der Waals surface area contributed by atoms with Crippen LogP contribution in [0.2, 0.25) is 0 Å². The van der Waals surface area contributed by atoms with Crippen molar-refractivity contribution in [2.45, 2.75) is 39.5 Å². The second-order valence-electron chi connectivity index (χ2n) is 4.59. The van der Waals surface area contributed by atoms with Gasteiger partial charge in [-0.05, 0) is 12.8 Å². The number of esters is 2. The van der Waals surface area contributed by atoms with Crippen molar-refractivity contribution in [3.8, 4) is 0 Å². The van der Waals surface area contributed by atoms with Gasteiger partial charge in [0.2, 0.25) is 0 Å². The highest BCUT2D eigenvalue weighted by Crippen LogP contribution is 2.23. The van der Waals surface area contributed by atoms with Crippen LogP contribution < -0.4 is 0 Å². The zero-order valence-electron chi connectivity index (χ0n) is 11.5. The molecule has 0 aliphatic carbocycles. The van der Waals surface area contributed by atoms with Gasteiger partial charge in [0.05, 0.1) is 5.41 Å². The molecule has 0 bridgehead atoms. The van der Waals surface area contributed by atoms with E-state index in [1.165, 1.54) is 0 Å². The molecule has 0 aromatic heterocycles. The molecule has 0 fully saturated rings. The number of hydrogen-bond acceptors (Lipinski definition) is 4. The van der Waals surface area contributed by atoms with Crippen LogP contribution in [0, 0.1) is 5.41 Å². The summed E-state index contributed by atoms with van der Waals surface area (Å²) in [5.74, 6) is -0.256. The second kappa shape index (κ2) is 10.3. The largest absolute Gasteiger partial charge is 0.465 e. The first-order valence-electron chi connectivity index (χ1n) is 6.46. The first kappa shape index (κ1) is 18.5. The molecule has 0 aromatic carbocycles. The maximum atomic E-state index is 11.3. The molecule has 0 aliphatic heterocycles. The average molecular weight is 313 g/mol. The molecule has 4 nitrogen and oxygen atoms in total. The second-order valence-corrected chi connectivity index (χ2v) is 5.12. The topological polar surface area (TPSA) is 52.6 Å². The summed E-state index contributed by atoms with van der Waals surface area (Å²) in [4.78, 5) is 22.7. The normalized spacial score (nSPS) is 11.2. The summed E-state index contributed by atoms with van der Waals surface area (Å²) in [5.41, 5.74) is -0.712. The molecule has 0 aliphatic rings. The summed E-state index contributed by atoms with van der Waals surface area (Å²) in [7, 11) is 0. The van der Waals surface area contributed by atoms with Crippen LogP contribution in [0.3, 0.4) is 0 Å². The van der Waals surface area contributed by atoms with E-state index in [4.69, 9.17) is 32.7 Å². The van der Waals surface area contributed by atoms with E-state index in [0.29, 0.717) is 12.8 Å². The molecular weight excluding hydrogens is 291 g/mol. The van der Waals surface area contributed by atoms with E-state index in [9.17, 15) is 9.59 Å². The summed E-state index contributed by atoms with van der Waals surface area (Å²) in [6.45, 7) is 3.92. The Labute approximate surface area is 124 Å². The molecule has 0 radical (unpaired) electrons. The molecule has 0 N–H and O–H groups in total. The molecule has 112 valence electrons. The van der Waals surface area contributed by atoms with Crippen molar-refractivity contribution >= 4 is 35.1 Å². The molecule has 0 unspecified atom stereocenters. The van der Waals surface area contributed by atoms with Crippen LogP contribution in [0.1, 0.15) is 39.5 Å². The number of ether oxygens (including phenoxy) is 2. The predicted molar refractivity (Wildman–Crippen MR) is 75.6 cm³/mol. The number of halogens is 2. The molecule has 6 heteroatoms. The number of alkyl halides is 2. The Morgan fingerprint density at radius 1 is 0.895 bits per heavy atom. The van der Waals surface area contributed by atoms with Crippen LogP contribution in [-0.2, 0) is 19.1 Å². The Balaban J connectivity index is 4.32. The van der Waals surface area contributed by atoms with Gasteiger partial charge in [0.15, 0.2) is 0 Å². The molecule has 0 rings (SSSR count). The van der Waals surface area contributed by atoms with E-state index in [0.717, 1.165) is 12.8 Å². The number of carbonyl (C=O) groups is 2. The van der Waals surface area contributed by atoms with Crippen molar-refractivity contribution in [2.24, 2.45) is 5.41 Å². The zero-order valence-corrected chi connectivity index (χ0v) is 13.1. The maximum absolute atomic E-state index is 11.3. The van der Waals surface area contributed by atoms with Gasteiger partial charge >= 0.3 is 11.9 Å². The van der Waals surface area contributed by atoms with Gasteiger partial charge in [0, 0.05) is 24.6 Å². The summed E-state index contributed by atoms with van der Waals surface area (Å²) in [5, 5.41) is 0. The molecule has 0 spiro atoms. The third-order valence-electron chi connectivity index (χ3n) is 2.55. The van der Waals surface area contributed by atoms with Gasteiger partial charge in [-0.25, -0.2) is 0 Å². The van der Waals surface area contributed by atoms with E-state index in [1.807, 2.05) is 13.8 Å². The Bertz CT molecular complexity index is 254. The quantitative estimate of drug-likeness (QED) is 0.459. The van der Waals surface area contributed by atoms with Crippen molar-refractivity contribution in [1.29, 1.82) is 0 Å². The molecule has 0 atom stereocenters. The van der Waals surface area contributed by atoms with E-state index >= 15 is 0 Å². The van der Waals surface area contributed by atoms with E-state index < -0.39 is 5.41 Å². The number of rotatable bonds is 10. The molecule has 0 amide bonds. The van der Waals surface area contributed by atoms with Crippen molar-refractivity contribution in [2.75, 3.05) is 25.0 Å². The molecule has 0 saturated heterocycles. The minimum atomic E-state index is -0.712. The smallest absolute Gasteiger partial charge is 0.305 e. The van der Waals surface area contributed by atoms with Gasteiger partial charge in [0.25, 0.3) is 0 Å². The fraction of sp³-hybridized carbons (Fsp3) is 0.846. The molecule has 0 aromatic rings. The predicted octanol–water partition coefficient (Wildman–Crippen LogP) is 3.14. The first-order valence-corrected chi connectivity index (χ1v) is 7.53. The Morgan fingerprint density at radius 2 is 1.26 bits per heavy atom. The molecule has 0 saturated carbocycles. The third-order valence-corrected chi connectivity index (χ3v) is 3.69. The van der Waals surface area contributed by atoms with Gasteiger partial charge in [-0.15, -0.1) is 23.2 Å². The van der Waals surface area contributed by atoms with Crippen LogP contribution in [0.4, 0.5) is 0 Å². The van der Waals surface area contributed by atoms with Gasteiger partial charge in [-0.2, -0.15) is 0 Å². The van der Waals surface area contributed by atoms with Gasteiger partial charge in [0.1, 0.15) is 13.2 Å². The van der Waals surface area contributed by atoms with Crippen LogP contribution in [0.25, 0.3) is 0 Å². The highest BCUT2D eigenvalue weighted by atomic mass is 35.5. The minimum absolute atomic E-state index is 0.0677. The lowest BCUT2D eigenvalue weighted by Gasteiger charge is -2.28. The van der Waals surface area contributed by atoms with Gasteiger partial charge in [-0.3, -0.25) is 9.59 Å². The Kier molecular flexibility index (Phi) is 10.1. The maximum Gasteiger partial charge on any atom is 0.305 e. The van der Waals surface area contributed by atoms with Crippen LogP contribution in [-0.4, -0.2) is 36.9 Å². The van der Waals surface area contributed by atoms with Crippen LogP contribution in [0.15, 0.2) is 0 Å². The summed E-state index contributed by atoms with van der Waals surface area (Å²) in [6.07, 6.45) is 2.16. The van der Waals surface area contributed by atoms with Crippen molar-refractivity contribution < 1.29 is 19.1 Å². The van der Waals surface area contributed by atoms with E-state index in [2.05, 4.69) is 0 Å². The lowest BCUT2D eigenvalue weighted by Crippen LogP contribution is -2.38. The third kappa shape index (κ3) is 7.63. The van der Waals surface area contributed by atoms with Crippen molar-refractivity contribution in [3.63, 3.8) is 0 Å². The van der Waals surface area contributed by atoms with Gasteiger partial charge in [-0.1, -0.05) is 13.8 Å². The lowest BCUT2D eigenvalue weighted by atomic mass is 9.95. The zero-order chi connectivity index (χ0) is 14.7. The van der Waals surface area contributed by atoms with E-state index in [1.54, 1.807) is 0 Å². The first-order chi connectivity index (χ1) is 9.03. The highest BCUT2D eigenvalue weighted by Gasteiger charge is 2.32. The molecular formula is C13H22Cl2O4. The highest BCUT2D eigenvalue weighted by molar-refractivity contribution is 6.21. The number of carbonyl (C=O) groups excluding carboxylic acids is 2. The number of hydrogen-bond donors (Lipinski definition) is 0. The van der Waals surface area contributed by atoms with E-state index in [-0.39, 0.29) is 36.9 Å². The summed E-state index contributed by atoms with van der Waals surface area (Å²) < 4.78 is 10.2. The SMILES string of the molecule is CCCC(=O)OCC(CCl)(CCl)COC(=O)CCC. The molecule has 0 heterocycles. The summed E-state index contributed by atoms with van der Waals surface area (Å²) in [6, 6.07) is 0. The summed E-state index contributed by atoms with van der Waals surface area (Å²) >= 11 is 11.8. The van der Waals surface area contributed by atoms with Crippen LogP contribution in [0.5, 0.6) is 0 Å². The Hall–Kier alpha value is -0.480. The fourth-order valence-corrected chi connectivity index (χ4v) is 1.85. The fourth-order valence-electron chi connectivity index (χ4n) is 1.25. The molecule has 19 heavy (non-hydrogen) atoms. The minimum Gasteiger partial charge on any atom is -0.465 e. The van der Waals surface area contributed by atoms with Crippen LogP contribution >= 0.6 is 23.2 Å². The van der Waals surface area contributed by atoms with Crippen molar-refractivity contribution in [3.05, 3.63) is 0 Å². The van der Waals surface area contributed by atoms with Gasteiger partial charge < -0.3 is 9.47 Å². The van der Waals surface area contributed by atoms with Crippen molar-refractivity contribution in [1.82, 2.24) is 0 Å². The standard InChI is InChI=1S/C13H22Cl2O4/c1-3-5-11(16)18-9-13(7-14,8-15)10-19-12(17)6-4-2/h3-10H2,1-2H3. The lowest BCUT2D eigenvalue weighted by molar-refractivity contribution is -0.152.